The summed E-state index contributed by atoms with van der Waals surface area (Å²) in [5, 5.41) is 21.0. The number of piperazine rings is 1. The van der Waals surface area contributed by atoms with E-state index < -0.39 is 6.10 Å². The summed E-state index contributed by atoms with van der Waals surface area (Å²) >= 11 is 6.32. The Bertz CT molecular complexity index is 935. The standard InChI is InChI=1S/C23H27ClN2O4/c1-30-21-4-2-3-19(22(21)24)23(29)26-10-9-25(18(12-26)14-27)13-20(28)17-8-6-15-5-7-16(15)11-17/h2-4,6,8,11,18,20,27-28H,5,7,9-10,12-14H2,1H3. The first kappa shape index (κ1) is 21.1. The Kier molecular flexibility index (Phi) is 6.29. The first-order valence-corrected chi connectivity index (χ1v) is 10.7. The van der Waals surface area contributed by atoms with E-state index in [-0.39, 0.29) is 18.6 Å². The van der Waals surface area contributed by atoms with Crippen molar-refractivity contribution in [3.63, 3.8) is 0 Å². The molecule has 0 saturated carbocycles. The van der Waals surface area contributed by atoms with Crippen LogP contribution in [0.25, 0.3) is 0 Å². The number of hydrogen-bond donors (Lipinski definition) is 2. The number of fused-ring (bicyclic) bond motifs is 1. The van der Waals surface area contributed by atoms with Gasteiger partial charge in [0, 0.05) is 26.2 Å². The molecule has 2 aromatic rings. The average Bonchev–Trinajstić information content (AvgIpc) is 2.74. The van der Waals surface area contributed by atoms with Gasteiger partial charge in [0.1, 0.15) is 5.75 Å². The quantitative estimate of drug-likeness (QED) is 0.735. The number of carbonyl (C=O) groups is 1. The van der Waals surface area contributed by atoms with Crippen LogP contribution in [0.4, 0.5) is 0 Å². The van der Waals surface area contributed by atoms with Crippen LogP contribution in [-0.4, -0.2) is 71.9 Å². The molecule has 0 bridgehead atoms. The summed E-state index contributed by atoms with van der Waals surface area (Å²) in [4.78, 5) is 16.8. The number of hydrogen-bond acceptors (Lipinski definition) is 5. The molecule has 2 atom stereocenters. The van der Waals surface area contributed by atoms with Crippen LogP contribution in [0.3, 0.4) is 0 Å². The number of rotatable bonds is 6. The van der Waals surface area contributed by atoms with Crippen molar-refractivity contribution in [2.24, 2.45) is 0 Å². The molecule has 1 saturated heterocycles. The number of amides is 1. The molecule has 160 valence electrons. The van der Waals surface area contributed by atoms with E-state index in [1.807, 2.05) is 6.07 Å². The van der Waals surface area contributed by atoms with Crippen LogP contribution in [0.5, 0.6) is 5.75 Å². The summed E-state index contributed by atoms with van der Waals surface area (Å²) in [5.41, 5.74) is 3.98. The number of methoxy groups -OCH3 is 1. The van der Waals surface area contributed by atoms with E-state index in [0.29, 0.717) is 42.5 Å². The van der Waals surface area contributed by atoms with Crippen LogP contribution in [0.2, 0.25) is 5.02 Å². The molecule has 0 spiro atoms. The van der Waals surface area contributed by atoms with Crippen molar-refractivity contribution < 1.29 is 19.7 Å². The molecule has 2 unspecified atom stereocenters. The van der Waals surface area contributed by atoms with Gasteiger partial charge in [-0.25, -0.2) is 0 Å². The van der Waals surface area contributed by atoms with E-state index in [0.717, 1.165) is 18.4 Å². The highest BCUT2D eigenvalue weighted by Crippen LogP contribution is 2.30. The smallest absolute Gasteiger partial charge is 0.255 e. The van der Waals surface area contributed by atoms with Crippen LogP contribution >= 0.6 is 11.6 Å². The Morgan fingerprint density at radius 2 is 2.03 bits per heavy atom. The summed E-state index contributed by atoms with van der Waals surface area (Å²) < 4.78 is 5.21. The van der Waals surface area contributed by atoms with E-state index in [2.05, 4.69) is 17.0 Å². The van der Waals surface area contributed by atoms with E-state index in [1.54, 1.807) is 23.1 Å². The predicted octanol–water partition coefficient (Wildman–Crippen LogP) is 2.30. The zero-order valence-corrected chi connectivity index (χ0v) is 17.8. The van der Waals surface area contributed by atoms with E-state index in [1.165, 1.54) is 18.2 Å². The molecule has 1 aliphatic heterocycles. The molecule has 30 heavy (non-hydrogen) atoms. The van der Waals surface area contributed by atoms with Gasteiger partial charge in [0.25, 0.3) is 5.91 Å². The Balaban J connectivity index is 1.42. The third-order valence-corrected chi connectivity index (χ3v) is 6.59. The Labute approximate surface area is 181 Å². The minimum atomic E-state index is -0.625. The number of carbonyl (C=O) groups excluding carboxylic acids is 1. The van der Waals surface area contributed by atoms with Gasteiger partial charge in [-0.15, -0.1) is 0 Å². The van der Waals surface area contributed by atoms with E-state index in [9.17, 15) is 15.0 Å². The molecule has 4 rings (SSSR count). The van der Waals surface area contributed by atoms with Gasteiger partial charge in [0.2, 0.25) is 0 Å². The minimum Gasteiger partial charge on any atom is -0.495 e. The summed E-state index contributed by atoms with van der Waals surface area (Å²) in [6, 6.07) is 11.1. The molecule has 0 aromatic heterocycles. The van der Waals surface area contributed by atoms with E-state index in [4.69, 9.17) is 16.3 Å². The molecule has 1 amide bonds. The lowest BCUT2D eigenvalue weighted by molar-refractivity contribution is 0.0106. The topological polar surface area (TPSA) is 73.2 Å². The molecular formula is C23H27ClN2O4. The molecule has 2 N–H and O–H groups in total. The summed E-state index contributed by atoms with van der Waals surface area (Å²) in [6.07, 6.45) is 1.56. The van der Waals surface area contributed by atoms with Crippen LogP contribution in [0.1, 0.15) is 33.2 Å². The third kappa shape index (κ3) is 4.05. The van der Waals surface area contributed by atoms with Crippen LogP contribution in [0.15, 0.2) is 36.4 Å². The first-order chi connectivity index (χ1) is 14.5. The number of benzene rings is 2. The van der Waals surface area contributed by atoms with Gasteiger partial charge in [-0.2, -0.15) is 0 Å². The molecule has 1 aliphatic carbocycles. The van der Waals surface area contributed by atoms with Crippen LogP contribution < -0.4 is 4.74 Å². The maximum absolute atomic E-state index is 13.0. The highest BCUT2D eigenvalue weighted by Gasteiger charge is 2.32. The van der Waals surface area contributed by atoms with Crippen molar-refractivity contribution in [2.45, 2.75) is 25.0 Å². The molecular weight excluding hydrogens is 404 g/mol. The molecule has 2 aromatic carbocycles. The number of aliphatic hydroxyl groups excluding tert-OH is 2. The fraction of sp³-hybridized carbons (Fsp3) is 0.435. The zero-order valence-electron chi connectivity index (χ0n) is 17.1. The summed E-state index contributed by atoms with van der Waals surface area (Å²) in [6.45, 7) is 1.78. The van der Waals surface area contributed by atoms with Gasteiger partial charge < -0.3 is 19.8 Å². The molecule has 6 nitrogen and oxygen atoms in total. The SMILES string of the molecule is COc1cccc(C(=O)N2CCN(CC(O)c3ccc4c(c3)CC4)C(CO)C2)c1Cl. The highest BCUT2D eigenvalue weighted by molar-refractivity contribution is 6.35. The van der Waals surface area contributed by atoms with Gasteiger partial charge >= 0.3 is 0 Å². The van der Waals surface area contributed by atoms with Gasteiger partial charge in [-0.05, 0) is 41.7 Å². The number of β-amino-alcohol motifs (C(OH)–C–C–N with tert-alkyl or cyclic N) is 1. The second-order valence-corrected chi connectivity index (χ2v) is 8.33. The first-order valence-electron chi connectivity index (χ1n) is 10.3. The number of aliphatic hydroxyl groups is 2. The maximum Gasteiger partial charge on any atom is 0.255 e. The number of nitrogens with zero attached hydrogens (tertiary/aromatic N) is 2. The van der Waals surface area contributed by atoms with Gasteiger partial charge in [-0.1, -0.05) is 35.9 Å². The fourth-order valence-electron chi connectivity index (χ4n) is 4.24. The minimum absolute atomic E-state index is 0.0907. The van der Waals surface area contributed by atoms with Crippen LogP contribution in [-0.2, 0) is 12.8 Å². The van der Waals surface area contributed by atoms with Crippen molar-refractivity contribution in [1.29, 1.82) is 0 Å². The second kappa shape index (κ2) is 8.94. The van der Waals surface area contributed by atoms with Crippen molar-refractivity contribution in [1.82, 2.24) is 9.80 Å². The van der Waals surface area contributed by atoms with Gasteiger partial charge in [0.05, 0.1) is 36.4 Å². The van der Waals surface area contributed by atoms with Crippen molar-refractivity contribution in [2.75, 3.05) is 39.9 Å². The Morgan fingerprint density at radius 1 is 1.23 bits per heavy atom. The second-order valence-electron chi connectivity index (χ2n) is 7.95. The van der Waals surface area contributed by atoms with Crippen molar-refractivity contribution in [3.05, 3.63) is 63.7 Å². The lowest BCUT2D eigenvalue weighted by Gasteiger charge is -2.41. The predicted molar refractivity (Wildman–Crippen MR) is 115 cm³/mol. The van der Waals surface area contributed by atoms with E-state index >= 15 is 0 Å². The lowest BCUT2D eigenvalue weighted by Crippen LogP contribution is -2.56. The normalized spacial score (nSPS) is 19.7. The van der Waals surface area contributed by atoms with Crippen LogP contribution in [0, 0.1) is 0 Å². The number of ether oxygens (including phenoxy) is 1. The summed E-state index contributed by atoms with van der Waals surface area (Å²) in [5.74, 6) is 0.279. The zero-order chi connectivity index (χ0) is 21.3. The average molecular weight is 431 g/mol. The highest BCUT2D eigenvalue weighted by atomic mass is 35.5. The third-order valence-electron chi connectivity index (χ3n) is 6.20. The molecule has 7 heteroatoms. The molecule has 1 fully saturated rings. The molecule has 1 heterocycles. The Hall–Kier alpha value is -2.12. The van der Waals surface area contributed by atoms with Crippen molar-refractivity contribution in [3.8, 4) is 5.75 Å². The van der Waals surface area contributed by atoms with Crippen molar-refractivity contribution >= 4 is 17.5 Å². The monoisotopic (exact) mass is 430 g/mol. The van der Waals surface area contributed by atoms with Gasteiger partial charge in [-0.3, -0.25) is 9.69 Å². The maximum atomic E-state index is 13.0. The summed E-state index contributed by atoms with van der Waals surface area (Å²) in [7, 11) is 1.51. The van der Waals surface area contributed by atoms with Gasteiger partial charge in [0.15, 0.2) is 0 Å². The lowest BCUT2D eigenvalue weighted by atomic mass is 9.86. The number of halogens is 1. The fourth-order valence-corrected chi connectivity index (χ4v) is 4.53. The number of aryl methyl sites for hydroxylation is 2. The molecule has 0 radical (unpaired) electrons. The Morgan fingerprint density at radius 3 is 2.70 bits per heavy atom. The largest absolute Gasteiger partial charge is 0.495 e. The molecule has 2 aliphatic rings.